The zero-order chi connectivity index (χ0) is 27.4. The molecule has 2 aromatic carbocycles. The van der Waals surface area contributed by atoms with Crippen LogP contribution in [0.5, 0.6) is 5.75 Å². The van der Waals surface area contributed by atoms with Crippen LogP contribution in [0.2, 0.25) is 0 Å². The van der Waals surface area contributed by atoms with E-state index in [-0.39, 0.29) is 0 Å². The number of hydrogen-bond donors (Lipinski definition) is 0. The summed E-state index contributed by atoms with van der Waals surface area (Å²) in [6, 6.07) is 12.8. The third-order valence-corrected chi connectivity index (χ3v) is 9.72. The van der Waals surface area contributed by atoms with Crippen LogP contribution in [0.1, 0.15) is 30.4 Å². The molecule has 0 unspecified atom stereocenters. The van der Waals surface area contributed by atoms with Crippen molar-refractivity contribution in [2.45, 2.75) is 19.3 Å². The summed E-state index contributed by atoms with van der Waals surface area (Å²) in [5, 5.41) is 8.87. The summed E-state index contributed by atoms with van der Waals surface area (Å²) in [6.45, 7) is 0. The van der Waals surface area contributed by atoms with E-state index in [1.165, 1.54) is 15.1 Å². The van der Waals surface area contributed by atoms with Crippen LogP contribution in [0.4, 0.5) is 11.4 Å². The van der Waals surface area contributed by atoms with E-state index >= 15 is 0 Å². The molecule has 0 saturated heterocycles. The van der Waals surface area contributed by atoms with E-state index < -0.39 is 0 Å². The van der Waals surface area contributed by atoms with E-state index in [0.29, 0.717) is 0 Å². The van der Waals surface area contributed by atoms with Crippen molar-refractivity contribution in [2.24, 2.45) is 0 Å². The summed E-state index contributed by atoms with van der Waals surface area (Å²) in [7, 11) is 8.19. The second-order valence-corrected chi connectivity index (χ2v) is 14.1. The molecular formula is C31H32ClN2O2Pb2+. The van der Waals surface area contributed by atoms with Gasteiger partial charge in [0.2, 0.25) is 0 Å². The van der Waals surface area contributed by atoms with Crippen LogP contribution in [0.25, 0.3) is 11.1 Å². The molecule has 0 fully saturated rings. The number of ether oxygens (including phenoxy) is 1. The molecule has 4 rings (SSSR count). The summed E-state index contributed by atoms with van der Waals surface area (Å²) >= 11 is 8.70. The van der Waals surface area contributed by atoms with Gasteiger partial charge in [0.05, 0.1) is 0 Å². The summed E-state index contributed by atoms with van der Waals surface area (Å²) in [6.07, 6.45) is 15.0. The molecule has 4 nitrogen and oxygen atoms in total. The van der Waals surface area contributed by atoms with Crippen molar-refractivity contribution in [3.8, 4) is 5.75 Å². The van der Waals surface area contributed by atoms with E-state index in [1.807, 2.05) is 20.2 Å². The maximum absolute atomic E-state index is 8.04. The van der Waals surface area contributed by atoms with Crippen LogP contribution >= 0.6 is 11.6 Å². The number of hydrogen-bond acceptors (Lipinski definition) is 3. The van der Waals surface area contributed by atoms with E-state index in [0.717, 1.165) is 124 Å². The topological polar surface area (TPSA) is 38.6 Å². The van der Waals surface area contributed by atoms with Gasteiger partial charge in [-0.15, -0.1) is 0 Å². The van der Waals surface area contributed by atoms with Crippen molar-refractivity contribution < 1.29 is 9.84 Å². The number of benzene rings is 2. The fourth-order valence-electron chi connectivity index (χ4n) is 4.48. The van der Waals surface area contributed by atoms with Crippen LogP contribution < -0.4 is 17.7 Å². The SMILES string of the molecule is CN(C)c1ccc(C(=C\[OH2+])/C=C/C2=C(Cl)C(=C/C=C3\C=[C]([Pb])Oc4cc(N(C)C)ccc43)/CCC2)[c]([Pb])c1. The van der Waals surface area contributed by atoms with Gasteiger partial charge in [-0.25, -0.2) is 0 Å². The van der Waals surface area contributed by atoms with Crippen LogP contribution in [0.3, 0.4) is 0 Å². The predicted molar refractivity (Wildman–Crippen MR) is 165 cm³/mol. The Morgan fingerprint density at radius 3 is 2.37 bits per heavy atom. The minimum atomic E-state index is 0.827. The molecule has 2 aromatic rings. The Morgan fingerprint density at radius 2 is 1.68 bits per heavy atom. The molecule has 0 atom stereocenters. The standard InChI is InChI=1S/C31H31ClN2O2.2Pb/c1-33(2)27-14-12-22(13-15-27)26(21-35)11-10-25-7-5-6-24(31(25)32)9-8-23-18-19-36-30-20-28(34(3)4)16-17-29(23)30;;/h8-12,14-18,20-21,35H,5-7H2,1-4H3;;/p+1/b11-10+,23-8+,24-9+,26-21-;;. The Balaban J connectivity index is 1.61. The van der Waals surface area contributed by atoms with Gasteiger partial charge in [0.15, 0.2) is 0 Å². The zero-order valence-corrected chi connectivity index (χ0v) is 30.8. The predicted octanol–water partition coefficient (Wildman–Crippen LogP) is 5.32. The fourth-order valence-corrected chi connectivity index (χ4v) is 7.29. The molecular weight excluding hydrogens is 882 g/mol. The summed E-state index contributed by atoms with van der Waals surface area (Å²) in [5.74, 6) is 0.911. The fraction of sp³-hybridized carbons (Fsp3) is 0.226. The Hall–Kier alpha value is -1.79. The number of halogens is 1. The zero-order valence-electron chi connectivity index (χ0n) is 22.2. The quantitative estimate of drug-likeness (QED) is 0.171. The average molecular weight is 914 g/mol. The van der Waals surface area contributed by atoms with Gasteiger partial charge in [-0.05, 0) is 0 Å². The molecule has 0 spiro atoms. The van der Waals surface area contributed by atoms with Gasteiger partial charge < -0.3 is 0 Å². The number of anilines is 2. The second-order valence-electron chi connectivity index (χ2n) is 9.75. The molecule has 1 aliphatic heterocycles. The molecule has 192 valence electrons. The minimum absolute atomic E-state index is 0.827. The number of allylic oxidation sites excluding steroid dienone is 10. The Labute approximate surface area is 263 Å². The van der Waals surface area contributed by atoms with Gasteiger partial charge in [0, 0.05) is 0 Å². The first-order chi connectivity index (χ1) is 18.2. The molecule has 0 amide bonds. The molecule has 0 saturated carbocycles. The molecule has 0 bridgehead atoms. The van der Waals surface area contributed by atoms with Crippen molar-refractivity contribution in [1.82, 2.24) is 0 Å². The third-order valence-electron chi connectivity index (χ3n) is 6.67. The molecule has 1 heterocycles. The average Bonchev–Trinajstić information content (AvgIpc) is 2.89. The molecule has 2 N–H and O–H groups in total. The number of fused-ring (bicyclic) bond motifs is 1. The molecule has 0 aromatic heterocycles. The maximum atomic E-state index is 8.04. The van der Waals surface area contributed by atoms with Crippen LogP contribution in [0.15, 0.2) is 92.5 Å². The van der Waals surface area contributed by atoms with E-state index in [4.69, 9.17) is 21.4 Å². The van der Waals surface area contributed by atoms with E-state index in [1.54, 1.807) is 0 Å². The van der Waals surface area contributed by atoms with Crippen LogP contribution in [-0.2, 0) is 0 Å². The Bertz CT molecular complexity index is 1410. The van der Waals surface area contributed by atoms with Gasteiger partial charge in [-0.3, -0.25) is 0 Å². The summed E-state index contributed by atoms with van der Waals surface area (Å²) in [4.78, 5) is 4.20. The monoisotopic (exact) mass is 915 g/mol. The summed E-state index contributed by atoms with van der Waals surface area (Å²) in [5.41, 5.74) is 8.89. The van der Waals surface area contributed by atoms with Crippen molar-refractivity contribution in [3.63, 3.8) is 0 Å². The van der Waals surface area contributed by atoms with Gasteiger partial charge in [0.25, 0.3) is 0 Å². The van der Waals surface area contributed by atoms with Gasteiger partial charge in [-0.1, -0.05) is 0 Å². The van der Waals surface area contributed by atoms with Crippen molar-refractivity contribution in [3.05, 3.63) is 104 Å². The van der Waals surface area contributed by atoms with Gasteiger partial charge in [0.1, 0.15) is 0 Å². The molecule has 38 heavy (non-hydrogen) atoms. The Morgan fingerprint density at radius 1 is 0.974 bits per heavy atom. The molecule has 6 radical (unpaired) electrons. The second kappa shape index (κ2) is 13.0. The molecule has 7 heteroatoms. The summed E-state index contributed by atoms with van der Waals surface area (Å²) < 4.78 is 8.38. The Kier molecular flexibility index (Phi) is 10.0. The first-order valence-corrected chi connectivity index (χ1v) is 16.8. The van der Waals surface area contributed by atoms with E-state index in [9.17, 15) is 0 Å². The molecule has 1 aliphatic carbocycles. The number of rotatable bonds is 6. The molecule has 2 aliphatic rings. The van der Waals surface area contributed by atoms with Crippen molar-refractivity contribution in [2.75, 3.05) is 38.0 Å². The van der Waals surface area contributed by atoms with Crippen LogP contribution in [0, 0.1) is 0 Å². The van der Waals surface area contributed by atoms with Crippen molar-refractivity contribution in [1.29, 1.82) is 0 Å². The van der Waals surface area contributed by atoms with Gasteiger partial charge >= 0.3 is 265 Å². The number of nitrogens with zero attached hydrogens (tertiary/aromatic N) is 2. The van der Waals surface area contributed by atoms with Crippen LogP contribution in [-0.4, -0.2) is 84.8 Å². The first kappa shape index (κ1) is 29.2. The normalized spacial score (nSPS) is 18.1. The first-order valence-electron chi connectivity index (χ1n) is 12.5. The van der Waals surface area contributed by atoms with Crippen molar-refractivity contribution >= 4 is 88.8 Å². The van der Waals surface area contributed by atoms with E-state index in [2.05, 4.69) is 84.6 Å². The third kappa shape index (κ3) is 6.85. The van der Waals surface area contributed by atoms with Gasteiger partial charge in [-0.2, -0.15) is 0 Å².